The lowest BCUT2D eigenvalue weighted by atomic mass is 10.1. The summed E-state index contributed by atoms with van der Waals surface area (Å²) in [6.45, 7) is 1.36. The van der Waals surface area contributed by atoms with Crippen LogP contribution in [0.1, 0.15) is 24.2 Å². The molecule has 1 amide bonds. The van der Waals surface area contributed by atoms with Crippen LogP contribution in [0, 0.1) is 0 Å². The molecule has 0 bridgehead atoms. The minimum absolute atomic E-state index is 0.0914. The number of aliphatic hydroxyl groups is 1. The van der Waals surface area contributed by atoms with Crippen LogP contribution in [-0.2, 0) is 11.3 Å². The molecular weight excluding hydrogens is 354 g/mol. The lowest BCUT2D eigenvalue weighted by Gasteiger charge is -2.35. The third-order valence-electron chi connectivity index (χ3n) is 4.48. The van der Waals surface area contributed by atoms with Crippen LogP contribution in [0.5, 0.6) is 5.75 Å². The van der Waals surface area contributed by atoms with E-state index in [0.717, 1.165) is 15.8 Å². The molecule has 0 radical (unpaired) electrons. The van der Waals surface area contributed by atoms with Gasteiger partial charge in [0.05, 0.1) is 23.9 Å². The predicted octanol–water partition coefficient (Wildman–Crippen LogP) is 3.81. The molecule has 3 aromatic rings. The van der Waals surface area contributed by atoms with Crippen LogP contribution in [-0.4, -0.2) is 22.1 Å². The van der Waals surface area contributed by atoms with Crippen LogP contribution in [0.15, 0.2) is 54.7 Å². The number of nitrogens with zero attached hydrogens (tertiary/aromatic N) is 2. The van der Waals surface area contributed by atoms with Gasteiger partial charge in [0.15, 0.2) is 5.75 Å². The summed E-state index contributed by atoms with van der Waals surface area (Å²) in [5, 5.41) is 10.7. The molecule has 2 aromatic carbocycles. The summed E-state index contributed by atoms with van der Waals surface area (Å²) in [5.74, 6) is -1.64. The highest BCUT2D eigenvalue weighted by atomic mass is 19.3. The number of carbonyl (C=O) groups is 1. The molecule has 27 heavy (non-hydrogen) atoms. The molecule has 1 aliphatic rings. The number of hydrogen-bond acceptors (Lipinski definition) is 4. The lowest BCUT2D eigenvalue weighted by Crippen LogP contribution is -2.50. The third kappa shape index (κ3) is 3.00. The van der Waals surface area contributed by atoms with Gasteiger partial charge in [0, 0.05) is 17.1 Å². The first-order chi connectivity index (χ1) is 12.9. The first-order valence-electron chi connectivity index (χ1n) is 8.40. The molecule has 1 aliphatic heterocycles. The van der Waals surface area contributed by atoms with Crippen molar-refractivity contribution in [3.8, 4) is 5.75 Å². The minimum atomic E-state index is -4.01. The quantitative estimate of drug-likeness (QED) is 0.762. The SMILES string of the molecule is CC(O)c1cccc2c1OC(F)(F)C(=O)N2Cc1cnc2ccccc2c1. The molecule has 0 saturated carbocycles. The van der Waals surface area contributed by atoms with Gasteiger partial charge in [0.1, 0.15) is 0 Å². The molecule has 4 rings (SSSR count). The van der Waals surface area contributed by atoms with Crippen molar-refractivity contribution >= 4 is 22.5 Å². The van der Waals surface area contributed by atoms with Crippen molar-refractivity contribution in [2.24, 2.45) is 0 Å². The van der Waals surface area contributed by atoms with Crippen molar-refractivity contribution < 1.29 is 23.4 Å². The minimum Gasteiger partial charge on any atom is -0.423 e. The van der Waals surface area contributed by atoms with Gasteiger partial charge in [-0.2, -0.15) is 8.78 Å². The van der Waals surface area contributed by atoms with Crippen molar-refractivity contribution in [2.45, 2.75) is 25.7 Å². The number of aromatic nitrogens is 1. The van der Waals surface area contributed by atoms with Gasteiger partial charge in [0.2, 0.25) is 0 Å². The summed E-state index contributed by atoms with van der Waals surface area (Å²) in [4.78, 5) is 17.6. The monoisotopic (exact) mass is 370 g/mol. The fourth-order valence-corrected chi connectivity index (χ4v) is 3.18. The number of rotatable bonds is 3. The van der Waals surface area contributed by atoms with Crippen molar-refractivity contribution in [3.05, 3.63) is 65.9 Å². The van der Waals surface area contributed by atoms with Crippen molar-refractivity contribution in [2.75, 3.05) is 4.90 Å². The molecule has 0 spiro atoms. The van der Waals surface area contributed by atoms with Crippen LogP contribution in [0.3, 0.4) is 0 Å². The van der Waals surface area contributed by atoms with E-state index in [2.05, 4.69) is 9.72 Å². The molecule has 0 aliphatic carbocycles. The Hall–Kier alpha value is -3.06. The van der Waals surface area contributed by atoms with E-state index in [1.54, 1.807) is 18.3 Å². The maximum Gasteiger partial charge on any atom is 0.483 e. The van der Waals surface area contributed by atoms with Gasteiger partial charge in [-0.25, -0.2) is 0 Å². The first kappa shape index (κ1) is 17.4. The number of carbonyl (C=O) groups excluding carboxylic acids is 1. The highest BCUT2D eigenvalue weighted by Crippen LogP contribution is 2.44. The largest absolute Gasteiger partial charge is 0.483 e. The molecule has 1 atom stereocenters. The van der Waals surface area contributed by atoms with Gasteiger partial charge in [0.25, 0.3) is 0 Å². The van der Waals surface area contributed by atoms with Gasteiger partial charge >= 0.3 is 12.0 Å². The van der Waals surface area contributed by atoms with E-state index in [-0.39, 0.29) is 23.5 Å². The average Bonchev–Trinajstić information content (AvgIpc) is 2.64. The molecule has 0 fully saturated rings. The number of aliphatic hydroxyl groups excluding tert-OH is 1. The predicted molar refractivity (Wildman–Crippen MR) is 95.6 cm³/mol. The van der Waals surface area contributed by atoms with E-state index in [0.29, 0.717) is 5.56 Å². The van der Waals surface area contributed by atoms with Gasteiger partial charge in [-0.15, -0.1) is 0 Å². The maximum atomic E-state index is 14.2. The summed E-state index contributed by atoms with van der Waals surface area (Å²) in [5.41, 5.74) is 1.77. The van der Waals surface area contributed by atoms with E-state index in [4.69, 9.17) is 0 Å². The van der Waals surface area contributed by atoms with E-state index in [1.165, 1.54) is 19.1 Å². The fourth-order valence-electron chi connectivity index (χ4n) is 3.18. The Balaban J connectivity index is 1.79. The van der Waals surface area contributed by atoms with E-state index >= 15 is 0 Å². The van der Waals surface area contributed by atoms with Crippen molar-refractivity contribution in [3.63, 3.8) is 0 Å². The number of amides is 1. The number of hydrogen-bond donors (Lipinski definition) is 1. The average molecular weight is 370 g/mol. The standard InChI is InChI=1S/C20H16F2N2O3/c1-12(25)15-6-4-8-17-18(15)27-20(21,22)19(26)24(17)11-13-9-14-5-2-3-7-16(14)23-10-13/h2-10,12,25H,11H2,1H3. The Morgan fingerprint density at radius 2 is 2.00 bits per heavy atom. The summed E-state index contributed by atoms with van der Waals surface area (Å²) in [7, 11) is 0. The normalized spacial score (nSPS) is 16.7. The number of para-hydroxylation sites is 2. The number of fused-ring (bicyclic) bond motifs is 2. The molecule has 138 valence electrons. The molecule has 1 unspecified atom stereocenters. The molecule has 0 saturated heterocycles. The fraction of sp³-hybridized carbons (Fsp3) is 0.200. The Morgan fingerprint density at radius 1 is 1.22 bits per heavy atom. The Kier molecular flexibility index (Phi) is 4.04. The molecule has 1 aromatic heterocycles. The second kappa shape index (κ2) is 6.28. The van der Waals surface area contributed by atoms with Crippen molar-refractivity contribution in [1.82, 2.24) is 4.98 Å². The van der Waals surface area contributed by atoms with Crippen LogP contribution >= 0.6 is 0 Å². The van der Waals surface area contributed by atoms with Gasteiger partial charge in [-0.1, -0.05) is 30.3 Å². The van der Waals surface area contributed by atoms with Crippen molar-refractivity contribution in [1.29, 1.82) is 0 Å². The van der Waals surface area contributed by atoms with Crippen LogP contribution < -0.4 is 9.64 Å². The number of alkyl halides is 2. The number of ether oxygens (including phenoxy) is 1. The highest BCUT2D eigenvalue weighted by Gasteiger charge is 2.51. The zero-order chi connectivity index (χ0) is 19.2. The third-order valence-corrected chi connectivity index (χ3v) is 4.48. The zero-order valence-electron chi connectivity index (χ0n) is 14.4. The van der Waals surface area contributed by atoms with Gasteiger partial charge in [-0.3, -0.25) is 14.7 Å². The molecule has 2 heterocycles. The lowest BCUT2D eigenvalue weighted by molar-refractivity contribution is -0.193. The summed E-state index contributed by atoms with van der Waals surface area (Å²) in [6, 6.07) is 13.8. The summed E-state index contributed by atoms with van der Waals surface area (Å²) >= 11 is 0. The molecule has 5 nitrogen and oxygen atoms in total. The van der Waals surface area contributed by atoms with E-state index in [1.807, 2.05) is 24.3 Å². The smallest absolute Gasteiger partial charge is 0.423 e. The number of benzene rings is 2. The van der Waals surface area contributed by atoms with Gasteiger partial charge in [-0.05, 0) is 30.7 Å². The van der Waals surface area contributed by atoms with Crippen LogP contribution in [0.4, 0.5) is 14.5 Å². The van der Waals surface area contributed by atoms with Gasteiger partial charge < -0.3 is 9.84 Å². The highest BCUT2D eigenvalue weighted by molar-refractivity contribution is 6.01. The Bertz CT molecular complexity index is 1040. The summed E-state index contributed by atoms with van der Waals surface area (Å²) in [6.07, 6.45) is -3.47. The first-order valence-corrected chi connectivity index (χ1v) is 8.40. The molecule has 7 heteroatoms. The second-order valence-electron chi connectivity index (χ2n) is 6.42. The number of pyridine rings is 1. The van der Waals surface area contributed by atoms with Crippen LogP contribution in [0.25, 0.3) is 10.9 Å². The maximum absolute atomic E-state index is 14.2. The second-order valence-corrected chi connectivity index (χ2v) is 6.42. The topological polar surface area (TPSA) is 62.7 Å². The number of anilines is 1. The zero-order valence-corrected chi connectivity index (χ0v) is 14.4. The Labute approximate surface area is 153 Å². The molecule has 1 N–H and O–H groups in total. The van der Waals surface area contributed by atoms with E-state index < -0.39 is 18.1 Å². The van der Waals surface area contributed by atoms with Crippen LogP contribution in [0.2, 0.25) is 0 Å². The molecular formula is C20H16F2N2O3. The summed E-state index contributed by atoms with van der Waals surface area (Å²) < 4.78 is 33.1. The Morgan fingerprint density at radius 3 is 2.78 bits per heavy atom. The number of halogens is 2. The van der Waals surface area contributed by atoms with E-state index in [9.17, 15) is 18.7 Å².